The number of carbonyl (C=O) groups excluding carboxylic acids is 1. The van der Waals surface area contributed by atoms with Crippen molar-refractivity contribution in [3.05, 3.63) is 82.9 Å². The van der Waals surface area contributed by atoms with E-state index in [1.807, 2.05) is 9.80 Å². The fraction of sp³-hybridized carbons (Fsp3) is 0.348. The Morgan fingerprint density at radius 3 is 2.36 bits per heavy atom. The maximum absolute atomic E-state index is 14.6. The van der Waals surface area contributed by atoms with Gasteiger partial charge in [0.2, 0.25) is 0 Å². The number of benzene rings is 2. The van der Waals surface area contributed by atoms with Crippen molar-refractivity contribution in [2.24, 2.45) is 0 Å². The number of ketones is 1. The zero-order valence-corrected chi connectivity index (χ0v) is 18.6. The Morgan fingerprint density at radius 2 is 1.73 bits per heavy atom. The Bertz CT molecular complexity index is 1090. The summed E-state index contributed by atoms with van der Waals surface area (Å²) in [6.45, 7) is 2.76. The Balaban J connectivity index is 1.41. The molecule has 1 saturated heterocycles. The van der Waals surface area contributed by atoms with Gasteiger partial charge in [0, 0.05) is 54.9 Å². The maximum Gasteiger partial charge on any atom is 0.176 e. The molecular formula is C23H24ClF2N5O2. The normalized spacial score (nSPS) is 17.1. The predicted molar refractivity (Wildman–Crippen MR) is 119 cm³/mol. The van der Waals surface area contributed by atoms with Crippen LogP contribution in [0.1, 0.15) is 15.9 Å². The molecule has 2 aromatic carbocycles. The van der Waals surface area contributed by atoms with Gasteiger partial charge in [-0.25, -0.2) is 18.4 Å². The summed E-state index contributed by atoms with van der Waals surface area (Å²) in [6.07, 6.45) is 2.77. The van der Waals surface area contributed by atoms with E-state index in [2.05, 4.69) is 10.1 Å². The molecule has 1 fully saturated rings. The zero-order valence-electron chi connectivity index (χ0n) is 17.9. The van der Waals surface area contributed by atoms with Crippen LogP contribution in [0, 0.1) is 11.6 Å². The SMILES string of the molecule is O=C(CN1CCN(CC(O)(Cn2cncn2)c2ccc(F)cc2F)CC1)c1ccc(Cl)cc1. The lowest BCUT2D eigenvalue weighted by Gasteiger charge is -2.39. The largest absolute Gasteiger partial charge is 0.382 e. The molecule has 1 unspecified atom stereocenters. The van der Waals surface area contributed by atoms with Crippen LogP contribution in [0.2, 0.25) is 5.02 Å². The van der Waals surface area contributed by atoms with E-state index in [1.165, 1.54) is 23.4 Å². The van der Waals surface area contributed by atoms with Crippen molar-refractivity contribution in [1.82, 2.24) is 24.6 Å². The molecule has 3 aromatic rings. The van der Waals surface area contributed by atoms with Crippen LogP contribution in [0.15, 0.2) is 55.1 Å². The lowest BCUT2D eigenvalue weighted by Crippen LogP contribution is -2.53. The lowest BCUT2D eigenvalue weighted by atomic mass is 9.92. The van der Waals surface area contributed by atoms with Crippen LogP contribution >= 0.6 is 11.6 Å². The van der Waals surface area contributed by atoms with Gasteiger partial charge >= 0.3 is 0 Å². The van der Waals surface area contributed by atoms with Crippen molar-refractivity contribution in [3.63, 3.8) is 0 Å². The highest BCUT2D eigenvalue weighted by molar-refractivity contribution is 6.30. The van der Waals surface area contributed by atoms with Crippen molar-refractivity contribution >= 4 is 17.4 Å². The van der Waals surface area contributed by atoms with Gasteiger partial charge in [-0.2, -0.15) is 5.10 Å². The maximum atomic E-state index is 14.6. The van der Waals surface area contributed by atoms with E-state index in [0.29, 0.717) is 36.8 Å². The molecule has 33 heavy (non-hydrogen) atoms. The molecule has 0 bridgehead atoms. The number of aliphatic hydroxyl groups is 1. The average Bonchev–Trinajstić information content (AvgIpc) is 3.28. The Morgan fingerprint density at radius 1 is 1.03 bits per heavy atom. The van der Waals surface area contributed by atoms with Gasteiger partial charge in [0.05, 0.1) is 13.1 Å². The minimum absolute atomic E-state index is 0.000235. The van der Waals surface area contributed by atoms with E-state index in [-0.39, 0.29) is 31.0 Å². The second kappa shape index (κ2) is 10.0. The van der Waals surface area contributed by atoms with Crippen molar-refractivity contribution in [1.29, 1.82) is 0 Å². The Kier molecular flexibility index (Phi) is 7.14. The second-order valence-corrected chi connectivity index (χ2v) is 8.67. The van der Waals surface area contributed by atoms with Gasteiger partial charge in [0.1, 0.15) is 29.9 Å². The van der Waals surface area contributed by atoms with Gasteiger partial charge in [-0.15, -0.1) is 0 Å². The van der Waals surface area contributed by atoms with E-state index in [4.69, 9.17) is 11.6 Å². The summed E-state index contributed by atoms with van der Waals surface area (Å²) in [5.74, 6) is -1.51. The minimum Gasteiger partial charge on any atom is -0.382 e. The van der Waals surface area contributed by atoms with Gasteiger partial charge < -0.3 is 5.11 Å². The zero-order chi connectivity index (χ0) is 23.4. The number of carbonyl (C=O) groups is 1. The second-order valence-electron chi connectivity index (χ2n) is 8.23. The highest BCUT2D eigenvalue weighted by Crippen LogP contribution is 2.28. The van der Waals surface area contributed by atoms with Crippen LogP contribution in [-0.4, -0.2) is 74.7 Å². The quantitative estimate of drug-likeness (QED) is 0.505. The summed E-state index contributed by atoms with van der Waals surface area (Å²) < 4.78 is 29.5. The fourth-order valence-electron chi connectivity index (χ4n) is 4.08. The monoisotopic (exact) mass is 475 g/mol. The first-order valence-electron chi connectivity index (χ1n) is 10.6. The number of aromatic nitrogens is 3. The number of Topliss-reactive ketones (excluding diaryl/α,β-unsaturated/α-hetero) is 1. The molecule has 1 atom stereocenters. The van der Waals surface area contributed by atoms with E-state index in [0.717, 1.165) is 12.1 Å². The Hall–Kier alpha value is -2.72. The molecule has 174 valence electrons. The Labute approximate surface area is 195 Å². The van der Waals surface area contributed by atoms with Gasteiger partial charge in [0.15, 0.2) is 5.78 Å². The molecule has 1 N–H and O–H groups in total. The lowest BCUT2D eigenvalue weighted by molar-refractivity contribution is -0.0314. The molecule has 1 aromatic heterocycles. The molecule has 0 radical (unpaired) electrons. The first-order valence-corrected chi connectivity index (χ1v) is 10.9. The summed E-state index contributed by atoms with van der Waals surface area (Å²) in [7, 11) is 0. The first kappa shape index (κ1) is 23.4. The highest BCUT2D eigenvalue weighted by atomic mass is 35.5. The van der Waals surface area contributed by atoms with E-state index in [1.54, 1.807) is 24.3 Å². The third-order valence-electron chi connectivity index (χ3n) is 5.81. The fourth-order valence-corrected chi connectivity index (χ4v) is 4.20. The number of halogens is 3. The molecular weight excluding hydrogens is 452 g/mol. The molecule has 4 rings (SSSR count). The number of β-amino-alcohol motifs (C(OH)–C–C–N with tert-alkyl or cyclic N) is 1. The van der Waals surface area contributed by atoms with Crippen LogP contribution in [0.5, 0.6) is 0 Å². The topological polar surface area (TPSA) is 74.5 Å². The third kappa shape index (κ3) is 5.80. The summed E-state index contributed by atoms with van der Waals surface area (Å²) in [6, 6.07) is 9.97. The van der Waals surface area contributed by atoms with Crippen LogP contribution < -0.4 is 0 Å². The number of hydrogen-bond donors (Lipinski definition) is 1. The van der Waals surface area contributed by atoms with Gasteiger partial charge in [-0.3, -0.25) is 14.6 Å². The summed E-state index contributed by atoms with van der Waals surface area (Å²) in [5.41, 5.74) is -1.04. The van der Waals surface area contributed by atoms with Gasteiger partial charge in [-0.1, -0.05) is 17.7 Å². The molecule has 0 spiro atoms. The summed E-state index contributed by atoms with van der Waals surface area (Å²) >= 11 is 5.88. The number of piperazine rings is 1. The van der Waals surface area contributed by atoms with Crippen LogP contribution in [0.25, 0.3) is 0 Å². The van der Waals surface area contributed by atoms with Crippen molar-refractivity contribution in [2.45, 2.75) is 12.1 Å². The summed E-state index contributed by atoms with van der Waals surface area (Å²) in [5, 5.41) is 16.1. The number of rotatable bonds is 8. The predicted octanol–water partition coefficient (Wildman–Crippen LogP) is 2.60. The van der Waals surface area contributed by atoms with E-state index in [9.17, 15) is 18.7 Å². The molecule has 0 amide bonds. The van der Waals surface area contributed by atoms with Crippen molar-refractivity contribution in [2.75, 3.05) is 39.3 Å². The van der Waals surface area contributed by atoms with Crippen molar-refractivity contribution < 1.29 is 18.7 Å². The smallest absolute Gasteiger partial charge is 0.176 e. The molecule has 2 heterocycles. The minimum atomic E-state index is -1.65. The van der Waals surface area contributed by atoms with Crippen LogP contribution in [0.4, 0.5) is 8.78 Å². The first-order chi connectivity index (χ1) is 15.8. The average molecular weight is 476 g/mol. The van der Waals surface area contributed by atoms with Gasteiger partial charge in [0.25, 0.3) is 0 Å². The standard InChI is InChI=1S/C23H24ClF2N5O2/c24-18-3-1-17(2-4-18)22(32)12-29-7-9-30(10-8-29)13-23(33,14-31-16-27-15-28-31)20-6-5-19(25)11-21(20)26/h1-6,11,15-16,33H,7-10,12-14H2. The molecule has 7 nitrogen and oxygen atoms in total. The van der Waals surface area contributed by atoms with Crippen molar-refractivity contribution in [3.8, 4) is 0 Å². The molecule has 10 heteroatoms. The number of nitrogens with zero attached hydrogens (tertiary/aromatic N) is 5. The van der Waals surface area contributed by atoms with E-state index < -0.39 is 17.2 Å². The van der Waals surface area contributed by atoms with Crippen LogP contribution in [0.3, 0.4) is 0 Å². The van der Waals surface area contributed by atoms with Crippen LogP contribution in [-0.2, 0) is 12.1 Å². The van der Waals surface area contributed by atoms with E-state index >= 15 is 0 Å². The molecule has 0 aliphatic carbocycles. The molecule has 0 saturated carbocycles. The summed E-state index contributed by atoms with van der Waals surface area (Å²) in [4.78, 5) is 20.5. The van der Waals surface area contributed by atoms with Gasteiger partial charge in [-0.05, 0) is 30.3 Å². The highest BCUT2D eigenvalue weighted by Gasteiger charge is 2.36. The molecule has 1 aliphatic rings. The third-order valence-corrected chi connectivity index (χ3v) is 6.06. The molecule has 1 aliphatic heterocycles. The number of hydrogen-bond acceptors (Lipinski definition) is 6.